The molecule has 0 spiro atoms. The minimum Gasteiger partial charge on any atom is -0.383 e. The van der Waals surface area contributed by atoms with E-state index in [1.807, 2.05) is 36.4 Å². The molecule has 1 heterocycles. The highest BCUT2D eigenvalue weighted by Gasteiger charge is 2.10. The van der Waals surface area contributed by atoms with Gasteiger partial charge in [0.05, 0.1) is 16.8 Å². The highest BCUT2D eigenvalue weighted by Crippen LogP contribution is 2.30. The van der Waals surface area contributed by atoms with Gasteiger partial charge < -0.3 is 15.4 Å². The van der Waals surface area contributed by atoms with E-state index < -0.39 is 0 Å². The number of thiazole rings is 1. The number of aromatic nitrogens is 1. The van der Waals surface area contributed by atoms with Crippen LogP contribution in [0.15, 0.2) is 42.5 Å². The Morgan fingerprint density at radius 1 is 1.15 bits per heavy atom. The first kappa shape index (κ1) is 19.0. The quantitative estimate of drug-likeness (QED) is 0.610. The van der Waals surface area contributed by atoms with Gasteiger partial charge in [0.15, 0.2) is 5.13 Å². The number of nitrogens with one attached hydrogen (secondary N) is 2. The normalized spacial score (nSPS) is 10.7. The zero-order valence-corrected chi connectivity index (χ0v) is 16.1. The summed E-state index contributed by atoms with van der Waals surface area (Å²) < 4.78 is 5.95. The van der Waals surface area contributed by atoms with Gasteiger partial charge in [0.25, 0.3) is 5.91 Å². The number of hydrogen-bond acceptors (Lipinski definition) is 5. The molecule has 3 aromatic rings. The van der Waals surface area contributed by atoms with Gasteiger partial charge in [-0.25, -0.2) is 4.98 Å². The van der Waals surface area contributed by atoms with Crippen LogP contribution in [-0.4, -0.2) is 37.1 Å². The molecule has 140 valence electrons. The highest BCUT2D eigenvalue weighted by atomic mass is 32.1. The Morgan fingerprint density at radius 2 is 1.96 bits per heavy atom. The topological polar surface area (TPSA) is 80.3 Å². The molecule has 2 aromatic carbocycles. The second-order valence-corrected chi connectivity index (χ2v) is 6.96. The zero-order valence-electron chi connectivity index (χ0n) is 15.2. The second kappa shape index (κ2) is 8.75. The predicted molar refractivity (Wildman–Crippen MR) is 108 cm³/mol. The van der Waals surface area contributed by atoms with Crippen LogP contribution in [0.2, 0.25) is 0 Å². The fraction of sp³-hybridized carbons (Fsp3) is 0.250. The first-order valence-corrected chi connectivity index (χ1v) is 9.50. The molecule has 2 N–H and O–H groups in total. The number of hydrogen-bond donors (Lipinski definition) is 2. The van der Waals surface area contributed by atoms with Crippen molar-refractivity contribution in [1.29, 1.82) is 0 Å². The van der Waals surface area contributed by atoms with Crippen molar-refractivity contribution in [3.05, 3.63) is 48.0 Å². The molecular weight excluding hydrogens is 362 g/mol. The molecule has 0 atom stereocenters. The van der Waals surface area contributed by atoms with Gasteiger partial charge in [-0.1, -0.05) is 36.5 Å². The lowest BCUT2D eigenvalue weighted by Gasteiger charge is -2.07. The van der Waals surface area contributed by atoms with Crippen LogP contribution < -0.4 is 10.6 Å². The molecule has 0 unspecified atom stereocenters. The van der Waals surface area contributed by atoms with Crippen LogP contribution in [0.3, 0.4) is 0 Å². The predicted octanol–water partition coefficient (Wildman–Crippen LogP) is 3.69. The molecule has 6 nitrogen and oxygen atoms in total. The summed E-state index contributed by atoms with van der Waals surface area (Å²) in [4.78, 5) is 28.3. The number of benzene rings is 2. The summed E-state index contributed by atoms with van der Waals surface area (Å²) in [6.45, 7) is 2.75. The Balaban J connectivity index is 1.83. The molecule has 3 rings (SSSR count). The number of carbonyl (C=O) groups excluding carboxylic acids is 2. The van der Waals surface area contributed by atoms with E-state index in [1.165, 1.54) is 11.3 Å². The standard InChI is InChI=1S/C20H21N3O3S/c1-3-18(24)23-20-22-16-12-14(7-8-17(16)27-20)13-5-4-6-15(11-13)19(25)21-9-10-26-2/h4-8,11-12H,3,9-10H2,1-2H3,(H,21,25)(H,22,23,24). The van der Waals surface area contributed by atoms with Crippen LogP contribution in [0.1, 0.15) is 23.7 Å². The summed E-state index contributed by atoms with van der Waals surface area (Å²) in [5.41, 5.74) is 3.31. The van der Waals surface area contributed by atoms with Crippen LogP contribution in [0.25, 0.3) is 21.3 Å². The second-order valence-electron chi connectivity index (χ2n) is 5.93. The fourth-order valence-corrected chi connectivity index (χ4v) is 3.44. The van der Waals surface area contributed by atoms with Gasteiger partial charge in [-0.05, 0) is 35.4 Å². The van der Waals surface area contributed by atoms with Crippen molar-refractivity contribution in [2.45, 2.75) is 13.3 Å². The smallest absolute Gasteiger partial charge is 0.251 e. The van der Waals surface area contributed by atoms with Crippen LogP contribution in [-0.2, 0) is 9.53 Å². The maximum absolute atomic E-state index is 12.2. The van der Waals surface area contributed by atoms with Gasteiger partial charge in [0.1, 0.15) is 0 Å². The third-order valence-corrected chi connectivity index (χ3v) is 4.96. The van der Waals surface area contributed by atoms with Gasteiger partial charge >= 0.3 is 0 Å². The molecule has 0 aliphatic heterocycles. The average Bonchev–Trinajstić information content (AvgIpc) is 3.09. The number of amides is 2. The molecule has 0 aliphatic carbocycles. The number of rotatable bonds is 7. The molecule has 1 aromatic heterocycles. The number of carbonyl (C=O) groups is 2. The lowest BCUT2D eigenvalue weighted by Crippen LogP contribution is -2.26. The summed E-state index contributed by atoms with van der Waals surface area (Å²) in [5, 5.41) is 6.21. The van der Waals surface area contributed by atoms with Gasteiger partial charge in [-0.2, -0.15) is 0 Å². The Kier molecular flexibility index (Phi) is 6.16. The molecule has 0 aliphatic rings. The maximum Gasteiger partial charge on any atom is 0.251 e. The van der Waals surface area contributed by atoms with E-state index in [1.54, 1.807) is 20.1 Å². The lowest BCUT2D eigenvalue weighted by atomic mass is 10.0. The SMILES string of the molecule is CCC(=O)Nc1nc2cc(-c3cccc(C(=O)NCCOC)c3)ccc2s1. The van der Waals surface area contributed by atoms with Crippen molar-refractivity contribution in [1.82, 2.24) is 10.3 Å². The number of methoxy groups -OCH3 is 1. The molecule has 0 saturated carbocycles. The molecule has 0 saturated heterocycles. The first-order chi connectivity index (χ1) is 13.1. The summed E-state index contributed by atoms with van der Waals surface area (Å²) in [5.74, 6) is -0.185. The highest BCUT2D eigenvalue weighted by molar-refractivity contribution is 7.22. The van der Waals surface area contributed by atoms with Crippen molar-refractivity contribution in [2.24, 2.45) is 0 Å². The molecule has 7 heteroatoms. The third kappa shape index (κ3) is 4.69. The van der Waals surface area contributed by atoms with Crippen molar-refractivity contribution >= 4 is 38.5 Å². The number of nitrogens with zero attached hydrogens (tertiary/aromatic N) is 1. The molecule has 27 heavy (non-hydrogen) atoms. The number of ether oxygens (including phenoxy) is 1. The summed E-state index contributed by atoms with van der Waals surface area (Å²) in [6, 6.07) is 13.4. The Bertz CT molecular complexity index is 968. The lowest BCUT2D eigenvalue weighted by molar-refractivity contribution is -0.115. The molecular formula is C20H21N3O3S. The van der Waals surface area contributed by atoms with E-state index in [4.69, 9.17) is 4.74 Å². The van der Waals surface area contributed by atoms with E-state index in [2.05, 4.69) is 15.6 Å². The van der Waals surface area contributed by atoms with Gasteiger partial charge in [-0.3, -0.25) is 9.59 Å². The number of anilines is 1. The average molecular weight is 383 g/mol. The van der Waals surface area contributed by atoms with Crippen molar-refractivity contribution in [2.75, 3.05) is 25.6 Å². The van der Waals surface area contributed by atoms with E-state index in [-0.39, 0.29) is 11.8 Å². The van der Waals surface area contributed by atoms with Crippen molar-refractivity contribution in [3.63, 3.8) is 0 Å². The fourth-order valence-electron chi connectivity index (χ4n) is 2.58. The van der Waals surface area contributed by atoms with Crippen molar-refractivity contribution < 1.29 is 14.3 Å². The van der Waals surface area contributed by atoms with Crippen LogP contribution in [0.5, 0.6) is 0 Å². The number of fused-ring (bicyclic) bond motifs is 1. The van der Waals surface area contributed by atoms with E-state index in [9.17, 15) is 9.59 Å². The Hall–Kier alpha value is -2.77. The van der Waals surface area contributed by atoms with Crippen molar-refractivity contribution in [3.8, 4) is 11.1 Å². The minimum atomic E-state index is -0.131. The summed E-state index contributed by atoms with van der Waals surface area (Å²) in [6.07, 6.45) is 0.417. The van der Waals surface area contributed by atoms with E-state index in [0.717, 1.165) is 21.3 Å². The summed E-state index contributed by atoms with van der Waals surface area (Å²) >= 11 is 1.45. The van der Waals surface area contributed by atoms with Gasteiger partial charge in [-0.15, -0.1) is 0 Å². The largest absolute Gasteiger partial charge is 0.383 e. The minimum absolute atomic E-state index is 0.0542. The molecule has 0 bridgehead atoms. The van der Waals surface area contributed by atoms with Crippen LogP contribution in [0.4, 0.5) is 5.13 Å². The first-order valence-electron chi connectivity index (χ1n) is 8.68. The maximum atomic E-state index is 12.2. The zero-order chi connectivity index (χ0) is 19.2. The monoisotopic (exact) mass is 383 g/mol. The van der Waals surface area contributed by atoms with E-state index >= 15 is 0 Å². The molecule has 2 amide bonds. The van der Waals surface area contributed by atoms with Crippen LogP contribution in [0, 0.1) is 0 Å². The Morgan fingerprint density at radius 3 is 2.74 bits per heavy atom. The van der Waals surface area contributed by atoms with Gasteiger partial charge in [0, 0.05) is 25.6 Å². The summed E-state index contributed by atoms with van der Waals surface area (Å²) in [7, 11) is 1.60. The van der Waals surface area contributed by atoms with E-state index in [0.29, 0.717) is 30.3 Å². The van der Waals surface area contributed by atoms with Gasteiger partial charge in [0.2, 0.25) is 5.91 Å². The molecule has 0 fully saturated rings. The van der Waals surface area contributed by atoms with Crippen LogP contribution >= 0.6 is 11.3 Å². The Labute approximate surface area is 161 Å². The third-order valence-electron chi connectivity index (χ3n) is 4.00. The molecule has 0 radical (unpaired) electrons.